The van der Waals surface area contributed by atoms with Crippen LogP contribution in [0.3, 0.4) is 0 Å². The van der Waals surface area contributed by atoms with Crippen molar-refractivity contribution in [3.63, 3.8) is 0 Å². The van der Waals surface area contributed by atoms with E-state index < -0.39 is 0 Å². The van der Waals surface area contributed by atoms with Crippen molar-refractivity contribution in [1.29, 1.82) is 0 Å². The molecule has 432 valence electrons. The molecule has 0 aliphatic carbocycles. The predicted octanol–water partition coefficient (Wildman–Crippen LogP) is 23.2. The first kappa shape index (κ1) is 60.0. The van der Waals surface area contributed by atoms with Crippen LogP contribution in [0.25, 0.3) is 67.3 Å². The lowest BCUT2D eigenvalue weighted by Gasteiger charge is -2.26. The summed E-state index contributed by atoms with van der Waals surface area (Å²) in [4.78, 5) is 12.9. The number of benzene rings is 9. The molecule has 0 spiro atoms. The van der Waals surface area contributed by atoms with Gasteiger partial charge >= 0.3 is 0 Å². The van der Waals surface area contributed by atoms with Gasteiger partial charge in [-0.25, -0.2) is 9.97 Å². The van der Waals surface area contributed by atoms with E-state index in [0.29, 0.717) is 0 Å². The highest BCUT2D eigenvalue weighted by Gasteiger charge is 2.24. The lowest BCUT2D eigenvalue weighted by molar-refractivity contribution is 0.568. The molecule has 9 aromatic carbocycles. The molecule has 0 aliphatic heterocycles. The molecule has 0 unspecified atom stereocenters. The van der Waals surface area contributed by atoms with Crippen LogP contribution in [-0.4, -0.2) is 9.97 Å². The number of aryl methyl sites for hydroxylation is 2. The fourth-order valence-electron chi connectivity index (χ4n) is 10.9. The molecule has 0 saturated carbocycles. The van der Waals surface area contributed by atoms with Crippen LogP contribution in [0.5, 0.6) is 0 Å². The van der Waals surface area contributed by atoms with E-state index in [1.165, 1.54) is 55.6 Å². The maximum atomic E-state index is 5.33. The molecule has 86 heavy (non-hydrogen) atoms. The molecule has 2 heterocycles. The molecule has 4 nitrogen and oxygen atoms in total. The third-order valence-electron chi connectivity index (χ3n) is 16.1. The number of aromatic nitrogens is 2. The van der Waals surface area contributed by atoms with E-state index in [9.17, 15) is 0 Å². The van der Waals surface area contributed by atoms with Crippen LogP contribution in [0.1, 0.15) is 116 Å². The average Bonchev–Trinajstić information content (AvgIpc) is 1.54. The van der Waals surface area contributed by atoms with Crippen molar-refractivity contribution in [2.24, 2.45) is 0 Å². The Kier molecular flexibility index (Phi) is 17.3. The topological polar surface area (TPSA) is 41.1 Å². The lowest BCUT2D eigenvalue weighted by atomic mass is 9.79. The fraction of sp³-hybridized carbons (Fsp3) is 0.220. The average molecular weight is 1130 g/mol. The Bertz CT molecular complexity index is 4030. The highest BCUT2D eigenvalue weighted by atomic mass is 15.1. The van der Waals surface area contributed by atoms with Gasteiger partial charge in [-0.1, -0.05) is 247 Å². The highest BCUT2D eigenvalue weighted by molar-refractivity contribution is 5.84. The van der Waals surface area contributed by atoms with Crippen LogP contribution >= 0.6 is 0 Å². The number of hydrogen-bond acceptors (Lipinski definition) is 4. The summed E-state index contributed by atoms with van der Waals surface area (Å²) in [6.45, 7) is 31.9. The number of hydrogen-bond donors (Lipinski definition) is 1. The van der Waals surface area contributed by atoms with Crippen LogP contribution in [-0.2, 0) is 21.7 Å². The number of nitrogens with zero attached hydrogens (tertiary/aromatic N) is 3. The molecule has 11 rings (SSSR count). The molecule has 0 atom stereocenters. The zero-order valence-corrected chi connectivity index (χ0v) is 53.0. The number of pyridine rings is 2. The van der Waals surface area contributed by atoms with Crippen molar-refractivity contribution >= 4 is 28.4 Å². The Morgan fingerprint density at radius 3 is 1.00 bits per heavy atom. The Labute approximate surface area is 513 Å². The molecule has 0 aliphatic rings. The largest absolute Gasteiger partial charge is 0.356 e. The second-order valence-corrected chi connectivity index (χ2v) is 27.1. The van der Waals surface area contributed by atoms with Crippen molar-refractivity contribution in [1.82, 2.24) is 9.97 Å². The number of nitrogens with one attached hydrogen (secondary N) is 1. The van der Waals surface area contributed by atoms with E-state index in [2.05, 4.69) is 338 Å². The first-order valence-corrected chi connectivity index (χ1v) is 30.4. The quantitative estimate of drug-likeness (QED) is 0.140. The van der Waals surface area contributed by atoms with Gasteiger partial charge in [0.25, 0.3) is 0 Å². The van der Waals surface area contributed by atoms with E-state index in [-0.39, 0.29) is 21.7 Å². The van der Waals surface area contributed by atoms with E-state index in [1.54, 1.807) is 0 Å². The maximum Gasteiger partial charge on any atom is 0.0718 e. The summed E-state index contributed by atoms with van der Waals surface area (Å²) >= 11 is 0. The molecule has 0 bridgehead atoms. The number of anilines is 5. The summed E-state index contributed by atoms with van der Waals surface area (Å²) in [5, 5.41) is 3.54. The zero-order chi connectivity index (χ0) is 61.0. The monoisotopic (exact) mass is 1120 g/mol. The fourth-order valence-corrected chi connectivity index (χ4v) is 10.9. The third-order valence-corrected chi connectivity index (χ3v) is 16.1. The minimum absolute atomic E-state index is 0.0252. The van der Waals surface area contributed by atoms with Crippen molar-refractivity contribution in [2.45, 2.75) is 119 Å². The van der Waals surface area contributed by atoms with Crippen molar-refractivity contribution < 1.29 is 0 Å². The van der Waals surface area contributed by atoms with Crippen LogP contribution in [0.4, 0.5) is 28.4 Å². The Morgan fingerprint density at radius 1 is 0.267 bits per heavy atom. The van der Waals surface area contributed by atoms with Gasteiger partial charge in [-0.2, -0.15) is 0 Å². The van der Waals surface area contributed by atoms with Gasteiger partial charge in [0.2, 0.25) is 0 Å². The van der Waals surface area contributed by atoms with Crippen LogP contribution in [0.2, 0.25) is 0 Å². The maximum absolute atomic E-state index is 5.33. The minimum atomic E-state index is 0.0252. The van der Waals surface area contributed by atoms with E-state index in [1.807, 2.05) is 18.2 Å². The predicted molar refractivity (Wildman–Crippen MR) is 370 cm³/mol. The first-order chi connectivity index (χ1) is 40.9. The van der Waals surface area contributed by atoms with Gasteiger partial charge < -0.3 is 10.2 Å². The summed E-state index contributed by atoms with van der Waals surface area (Å²) in [5.74, 6) is 0. The van der Waals surface area contributed by atoms with Gasteiger partial charge in [0, 0.05) is 50.7 Å². The van der Waals surface area contributed by atoms with Crippen molar-refractivity contribution in [2.75, 3.05) is 10.2 Å². The molecule has 0 saturated heterocycles. The number of para-hydroxylation sites is 3. The van der Waals surface area contributed by atoms with E-state index >= 15 is 0 Å². The van der Waals surface area contributed by atoms with Gasteiger partial charge in [0.05, 0.1) is 22.8 Å². The molecule has 4 heteroatoms. The zero-order valence-electron chi connectivity index (χ0n) is 53.0. The Balaban J connectivity index is 0.000000193. The molecule has 1 N–H and O–H groups in total. The van der Waals surface area contributed by atoms with Gasteiger partial charge in [-0.15, -0.1) is 0 Å². The highest BCUT2D eigenvalue weighted by Crippen LogP contribution is 2.42. The van der Waals surface area contributed by atoms with Gasteiger partial charge in [-0.05, 0) is 176 Å². The standard InChI is InChI=1S/C44H44N2.C38H40N2/c1-31-17-14-15-24-40(31)42-29-34(33-25-35(43(2,3)4)30-36(26-33)44(5,6)7)28-41(45-42)32-18-16-23-39(27-32)46(37-19-10-8-11-20-37)38-21-12-9-13-22-38;1-26-14-11-12-19-34(26)36-24-29(28-20-30(37(2,3)4)25-31(21-28)38(5,6)7)23-35(40-36)27-15-13-18-33(22-27)39-32-16-9-8-10-17-32/h8-30H,1-7H3;8-25,39H,1-7H3. The molecule has 0 amide bonds. The molecule has 11 aromatic rings. The summed E-state index contributed by atoms with van der Waals surface area (Å²) < 4.78 is 0. The first-order valence-electron chi connectivity index (χ1n) is 30.4. The second kappa shape index (κ2) is 24.8. The SMILES string of the molecule is Cc1ccccc1-c1cc(-c2cc(C(C)(C)C)cc(C(C)(C)C)c2)cc(-c2cccc(N(c3ccccc3)c3ccccc3)c2)n1.Cc1ccccc1-c1cc(-c2cc(C(C)(C)C)cc(C(C)(C)C)c2)cc(-c2cccc(Nc3ccccc3)c2)n1. The summed E-state index contributed by atoms with van der Waals surface area (Å²) in [6, 6.07) is 89.0. The van der Waals surface area contributed by atoms with E-state index in [0.717, 1.165) is 73.5 Å². The molecular formula is C82H84N4. The Morgan fingerprint density at radius 2 is 0.593 bits per heavy atom. The number of rotatable bonds is 11. The minimum Gasteiger partial charge on any atom is -0.356 e. The third kappa shape index (κ3) is 14.3. The molecule has 0 radical (unpaired) electrons. The van der Waals surface area contributed by atoms with Gasteiger partial charge in [0.1, 0.15) is 0 Å². The summed E-state index contributed by atoms with van der Waals surface area (Å²) in [6.07, 6.45) is 0. The molecular weight excluding hydrogens is 1040 g/mol. The van der Waals surface area contributed by atoms with Gasteiger partial charge in [-0.3, -0.25) is 0 Å². The smallest absolute Gasteiger partial charge is 0.0718 e. The van der Waals surface area contributed by atoms with Crippen LogP contribution in [0.15, 0.2) is 249 Å². The molecule has 2 aromatic heterocycles. The van der Waals surface area contributed by atoms with Gasteiger partial charge in [0.15, 0.2) is 0 Å². The van der Waals surface area contributed by atoms with Crippen LogP contribution in [0, 0.1) is 13.8 Å². The van der Waals surface area contributed by atoms with Crippen molar-refractivity contribution in [3.8, 4) is 67.3 Å². The normalized spacial score (nSPS) is 11.8. The lowest BCUT2D eigenvalue weighted by Crippen LogP contribution is -2.16. The van der Waals surface area contributed by atoms with E-state index in [4.69, 9.17) is 9.97 Å². The summed E-state index contributed by atoms with van der Waals surface area (Å²) in [7, 11) is 0. The van der Waals surface area contributed by atoms with Crippen LogP contribution < -0.4 is 10.2 Å². The molecule has 0 fully saturated rings. The second-order valence-electron chi connectivity index (χ2n) is 27.1. The Hall–Kier alpha value is -9.12. The van der Waals surface area contributed by atoms with Crippen molar-refractivity contribution in [3.05, 3.63) is 282 Å². The summed E-state index contributed by atoms with van der Waals surface area (Å²) in [5.41, 5.74) is 26.5.